The first kappa shape index (κ1) is 17.2. The van der Waals surface area contributed by atoms with Crippen LogP contribution in [0.3, 0.4) is 0 Å². The minimum atomic E-state index is -0.434. The van der Waals surface area contributed by atoms with Gasteiger partial charge in [-0.3, -0.25) is 9.59 Å². The normalized spacial score (nSPS) is 10.5. The second kappa shape index (κ2) is 8.45. The molecule has 0 radical (unpaired) electrons. The molecule has 2 amide bonds. The lowest BCUT2D eigenvalue weighted by Crippen LogP contribution is -2.35. The van der Waals surface area contributed by atoms with Crippen molar-refractivity contribution in [1.82, 2.24) is 10.7 Å². The zero-order valence-electron chi connectivity index (χ0n) is 11.9. The average Bonchev–Trinajstić information content (AvgIpc) is 2.53. The molecule has 0 bridgehead atoms. The molecule has 2 rings (SSSR count). The predicted molar refractivity (Wildman–Crippen MR) is 93.7 cm³/mol. The Bertz CT molecular complexity index is 750. The minimum Gasteiger partial charge on any atom is -0.343 e. The standard InChI is InChI=1S/C16H13BrClN3O2/c17-12-5-3-4-11(8-12)9-20-21-15(22)10-19-16(23)13-6-1-2-7-14(13)18/h1-9H,10H2,(H,19,23)(H,21,22)/b20-9+. The summed E-state index contributed by atoms with van der Waals surface area (Å²) in [7, 11) is 0. The number of carbonyl (C=O) groups is 2. The van der Waals surface area contributed by atoms with Crippen LogP contribution in [0.4, 0.5) is 0 Å². The Balaban J connectivity index is 1.81. The zero-order valence-corrected chi connectivity index (χ0v) is 14.3. The minimum absolute atomic E-state index is 0.195. The zero-order chi connectivity index (χ0) is 16.7. The molecule has 0 aromatic heterocycles. The van der Waals surface area contributed by atoms with E-state index in [-0.39, 0.29) is 6.54 Å². The first-order chi connectivity index (χ1) is 11.1. The molecular formula is C16H13BrClN3O2. The van der Waals surface area contributed by atoms with Gasteiger partial charge in [-0.2, -0.15) is 5.10 Å². The number of hydrogen-bond donors (Lipinski definition) is 2. The van der Waals surface area contributed by atoms with Crippen molar-refractivity contribution in [2.75, 3.05) is 6.54 Å². The Hall–Kier alpha value is -2.18. The summed E-state index contributed by atoms with van der Waals surface area (Å²) in [5.41, 5.74) is 3.49. The molecule has 2 aromatic rings. The summed E-state index contributed by atoms with van der Waals surface area (Å²) in [6.07, 6.45) is 1.51. The Morgan fingerprint density at radius 2 is 1.96 bits per heavy atom. The number of amides is 2. The van der Waals surface area contributed by atoms with Crippen LogP contribution in [0, 0.1) is 0 Å². The molecular weight excluding hydrogens is 382 g/mol. The number of hydrogen-bond acceptors (Lipinski definition) is 3. The van der Waals surface area contributed by atoms with Gasteiger partial charge < -0.3 is 5.32 Å². The second-order valence-electron chi connectivity index (χ2n) is 4.51. The molecule has 23 heavy (non-hydrogen) atoms. The number of nitrogens with zero attached hydrogens (tertiary/aromatic N) is 1. The van der Waals surface area contributed by atoms with Crippen molar-refractivity contribution in [1.29, 1.82) is 0 Å². The molecule has 0 atom stereocenters. The molecule has 0 aliphatic rings. The van der Waals surface area contributed by atoms with Gasteiger partial charge in [0.15, 0.2) is 0 Å². The molecule has 5 nitrogen and oxygen atoms in total. The van der Waals surface area contributed by atoms with E-state index in [1.165, 1.54) is 6.21 Å². The fraction of sp³-hybridized carbons (Fsp3) is 0.0625. The predicted octanol–water partition coefficient (Wildman–Crippen LogP) is 2.98. The summed E-state index contributed by atoms with van der Waals surface area (Å²) < 4.78 is 0.916. The second-order valence-corrected chi connectivity index (χ2v) is 5.83. The van der Waals surface area contributed by atoms with Crippen molar-refractivity contribution < 1.29 is 9.59 Å². The van der Waals surface area contributed by atoms with E-state index in [9.17, 15) is 9.59 Å². The van der Waals surface area contributed by atoms with E-state index in [0.29, 0.717) is 10.6 Å². The van der Waals surface area contributed by atoms with E-state index >= 15 is 0 Å². The highest BCUT2D eigenvalue weighted by molar-refractivity contribution is 9.10. The van der Waals surface area contributed by atoms with Crippen molar-refractivity contribution in [2.45, 2.75) is 0 Å². The monoisotopic (exact) mass is 393 g/mol. The van der Waals surface area contributed by atoms with E-state index in [4.69, 9.17) is 11.6 Å². The summed E-state index contributed by atoms with van der Waals surface area (Å²) in [6.45, 7) is -0.195. The molecule has 7 heteroatoms. The summed E-state index contributed by atoms with van der Waals surface area (Å²) in [5, 5.41) is 6.64. The smallest absolute Gasteiger partial charge is 0.259 e. The molecule has 0 saturated carbocycles. The van der Waals surface area contributed by atoms with Crippen LogP contribution in [0.25, 0.3) is 0 Å². The van der Waals surface area contributed by atoms with Gasteiger partial charge in [-0.25, -0.2) is 5.43 Å². The lowest BCUT2D eigenvalue weighted by molar-refractivity contribution is -0.120. The third-order valence-corrected chi connectivity index (χ3v) is 3.60. The Labute approximate surface area is 146 Å². The summed E-state index contributed by atoms with van der Waals surface area (Å²) >= 11 is 9.25. The largest absolute Gasteiger partial charge is 0.343 e. The van der Waals surface area contributed by atoms with Crippen LogP contribution in [0.5, 0.6) is 0 Å². The average molecular weight is 395 g/mol. The van der Waals surface area contributed by atoms with Crippen LogP contribution in [-0.2, 0) is 4.79 Å². The van der Waals surface area contributed by atoms with Crippen molar-refractivity contribution >= 4 is 45.6 Å². The van der Waals surface area contributed by atoms with Crippen LogP contribution >= 0.6 is 27.5 Å². The van der Waals surface area contributed by atoms with Gasteiger partial charge >= 0.3 is 0 Å². The van der Waals surface area contributed by atoms with Crippen molar-refractivity contribution in [3.05, 3.63) is 69.2 Å². The Kier molecular flexibility index (Phi) is 6.31. The number of carbonyl (C=O) groups excluding carboxylic acids is 2. The van der Waals surface area contributed by atoms with E-state index in [0.717, 1.165) is 10.0 Å². The molecule has 0 unspecified atom stereocenters. The lowest BCUT2D eigenvalue weighted by Gasteiger charge is -2.05. The number of benzene rings is 2. The fourth-order valence-electron chi connectivity index (χ4n) is 1.71. The number of rotatable bonds is 5. The van der Waals surface area contributed by atoms with Gasteiger partial charge in [-0.1, -0.05) is 51.8 Å². The first-order valence-electron chi connectivity index (χ1n) is 6.66. The molecule has 2 N–H and O–H groups in total. The van der Waals surface area contributed by atoms with Gasteiger partial charge in [0.25, 0.3) is 11.8 Å². The highest BCUT2D eigenvalue weighted by Crippen LogP contribution is 2.14. The summed E-state index contributed by atoms with van der Waals surface area (Å²) in [5.74, 6) is -0.849. The van der Waals surface area contributed by atoms with Crippen molar-refractivity contribution in [3.63, 3.8) is 0 Å². The SMILES string of the molecule is O=C(CNC(=O)c1ccccc1Cl)N/N=C/c1cccc(Br)c1. The molecule has 0 spiro atoms. The van der Waals surface area contributed by atoms with E-state index in [2.05, 4.69) is 31.8 Å². The molecule has 0 saturated heterocycles. The molecule has 0 aliphatic heterocycles. The van der Waals surface area contributed by atoms with Crippen LogP contribution in [0.2, 0.25) is 5.02 Å². The van der Waals surface area contributed by atoms with Gasteiger partial charge in [-0.15, -0.1) is 0 Å². The third-order valence-electron chi connectivity index (χ3n) is 2.78. The van der Waals surface area contributed by atoms with Gasteiger partial charge in [0.1, 0.15) is 0 Å². The maximum atomic E-state index is 11.9. The highest BCUT2D eigenvalue weighted by atomic mass is 79.9. The van der Waals surface area contributed by atoms with Gasteiger partial charge in [0, 0.05) is 4.47 Å². The summed E-state index contributed by atoms with van der Waals surface area (Å²) in [4.78, 5) is 23.5. The maximum absolute atomic E-state index is 11.9. The highest BCUT2D eigenvalue weighted by Gasteiger charge is 2.10. The van der Waals surface area contributed by atoms with Crippen molar-refractivity contribution in [3.8, 4) is 0 Å². The fourth-order valence-corrected chi connectivity index (χ4v) is 2.34. The molecule has 0 fully saturated rings. The van der Waals surface area contributed by atoms with Gasteiger partial charge in [-0.05, 0) is 29.8 Å². The van der Waals surface area contributed by atoms with Crippen LogP contribution < -0.4 is 10.7 Å². The number of halogens is 2. The molecule has 0 aliphatic carbocycles. The lowest BCUT2D eigenvalue weighted by atomic mass is 10.2. The quantitative estimate of drug-likeness (QED) is 0.604. The van der Waals surface area contributed by atoms with Crippen LogP contribution in [0.15, 0.2) is 58.1 Å². The van der Waals surface area contributed by atoms with E-state index in [1.54, 1.807) is 24.3 Å². The van der Waals surface area contributed by atoms with E-state index in [1.807, 2.05) is 24.3 Å². The maximum Gasteiger partial charge on any atom is 0.259 e. The van der Waals surface area contributed by atoms with Crippen LogP contribution in [-0.4, -0.2) is 24.6 Å². The van der Waals surface area contributed by atoms with Gasteiger partial charge in [0.2, 0.25) is 0 Å². The first-order valence-corrected chi connectivity index (χ1v) is 7.83. The van der Waals surface area contributed by atoms with Crippen molar-refractivity contribution in [2.24, 2.45) is 5.10 Å². The molecule has 118 valence electrons. The molecule has 0 heterocycles. The Morgan fingerprint density at radius 3 is 2.70 bits per heavy atom. The van der Waals surface area contributed by atoms with E-state index < -0.39 is 11.8 Å². The molecule has 2 aromatic carbocycles. The Morgan fingerprint density at radius 1 is 1.17 bits per heavy atom. The van der Waals surface area contributed by atoms with Gasteiger partial charge in [0.05, 0.1) is 23.3 Å². The number of hydrazone groups is 1. The number of nitrogens with one attached hydrogen (secondary N) is 2. The summed E-state index contributed by atoms with van der Waals surface area (Å²) in [6, 6.07) is 14.1. The third kappa shape index (κ3) is 5.50. The van der Waals surface area contributed by atoms with Crippen LogP contribution in [0.1, 0.15) is 15.9 Å². The topological polar surface area (TPSA) is 70.6 Å².